The molecule has 20 heavy (non-hydrogen) atoms. The average molecular weight is 278 g/mol. The molecular weight excluding hydrogens is 248 g/mol. The van der Waals surface area contributed by atoms with Gasteiger partial charge in [0.1, 0.15) is 5.75 Å². The monoisotopic (exact) mass is 278 g/mol. The third-order valence-electron chi connectivity index (χ3n) is 3.33. The molecule has 0 aliphatic carbocycles. The van der Waals surface area contributed by atoms with E-state index >= 15 is 0 Å². The first kappa shape index (κ1) is 17.0. The van der Waals surface area contributed by atoms with Crippen LogP contribution in [0, 0.1) is 6.92 Å². The molecule has 0 aliphatic heterocycles. The van der Waals surface area contributed by atoms with Gasteiger partial charge >= 0.3 is 0 Å². The Kier molecular flexibility index (Phi) is 9.05. The van der Waals surface area contributed by atoms with Crippen molar-refractivity contribution in [3.05, 3.63) is 23.5 Å². The van der Waals surface area contributed by atoms with Gasteiger partial charge in [-0.1, -0.05) is 39.5 Å². The van der Waals surface area contributed by atoms with Gasteiger partial charge in [-0.2, -0.15) is 0 Å². The number of nitrogens with one attached hydrogen (secondary N) is 1. The van der Waals surface area contributed by atoms with E-state index in [9.17, 15) is 0 Å². The van der Waals surface area contributed by atoms with E-state index in [1.165, 1.54) is 25.7 Å². The molecule has 0 spiro atoms. The quantitative estimate of drug-likeness (QED) is 0.615. The van der Waals surface area contributed by atoms with Crippen LogP contribution in [0.1, 0.15) is 63.6 Å². The molecule has 0 unspecified atom stereocenters. The Bertz CT molecular complexity index is 366. The zero-order chi connectivity index (χ0) is 14.6. The SMILES string of the molecule is CCCCCCCOc1cc(C)ncc1CNCCC. The number of unbranched alkanes of at least 4 members (excludes halogenated alkanes) is 4. The summed E-state index contributed by atoms with van der Waals surface area (Å²) in [5.74, 6) is 0.997. The van der Waals surface area contributed by atoms with Crippen molar-refractivity contribution in [2.75, 3.05) is 13.2 Å². The van der Waals surface area contributed by atoms with E-state index in [1.807, 2.05) is 13.1 Å². The molecule has 0 saturated heterocycles. The molecule has 1 rings (SSSR count). The molecule has 0 fully saturated rings. The van der Waals surface area contributed by atoms with Gasteiger partial charge in [0.25, 0.3) is 0 Å². The van der Waals surface area contributed by atoms with E-state index in [2.05, 4.69) is 30.2 Å². The number of aryl methyl sites for hydroxylation is 1. The smallest absolute Gasteiger partial charge is 0.127 e. The molecule has 0 aliphatic rings. The molecule has 0 amide bonds. The van der Waals surface area contributed by atoms with Gasteiger partial charge in [0.15, 0.2) is 0 Å². The molecule has 0 radical (unpaired) electrons. The highest BCUT2D eigenvalue weighted by molar-refractivity contribution is 5.32. The maximum Gasteiger partial charge on any atom is 0.127 e. The van der Waals surface area contributed by atoms with Crippen LogP contribution >= 0.6 is 0 Å². The number of nitrogens with zero attached hydrogens (tertiary/aromatic N) is 1. The molecule has 0 atom stereocenters. The highest BCUT2D eigenvalue weighted by Crippen LogP contribution is 2.19. The minimum Gasteiger partial charge on any atom is -0.493 e. The van der Waals surface area contributed by atoms with Crippen molar-refractivity contribution in [3.8, 4) is 5.75 Å². The zero-order valence-electron chi connectivity index (χ0n) is 13.4. The summed E-state index contributed by atoms with van der Waals surface area (Å²) in [7, 11) is 0. The number of ether oxygens (including phenoxy) is 1. The predicted molar refractivity (Wildman–Crippen MR) is 85.2 cm³/mol. The highest BCUT2D eigenvalue weighted by Gasteiger charge is 2.05. The lowest BCUT2D eigenvalue weighted by Crippen LogP contribution is -2.15. The molecule has 0 aromatic carbocycles. The van der Waals surface area contributed by atoms with Crippen LogP contribution in [-0.2, 0) is 6.54 Å². The maximum atomic E-state index is 5.95. The second-order valence-electron chi connectivity index (χ2n) is 5.37. The largest absolute Gasteiger partial charge is 0.493 e. The van der Waals surface area contributed by atoms with Gasteiger partial charge in [-0.15, -0.1) is 0 Å². The van der Waals surface area contributed by atoms with Crippen molar-refractivity contribution in [3.63, 3.8) is 0 Å². The van der Waals surface area contributed by atoms with E-state index < -0.39 is 0 Å². The normalized spacial score (nSPS) is 10.8. The molecule has 0 bridgehead atoms. The summed E-state index contributed by atoms with van der Waals surface area (Å²) in [5, 5.41) is 3.41. The highest BCUT2D eigenvalue weighted by atomic mass is 16.5. The first-order chi connectivity index (χ1) is 9.77. The average Bonchev–Trinajstić information content (AvgIpc) is 2.45. The maximum absolute atomic E-state index is 5.95. The molecule has 114 valence electrons. The molecule has 3 heteroatoms. The zero-order valence-corrected chi connectivity index (χ0v) is 13.4. The topological polar surface area (TPSA) is 34.1 Å². The van der Waals surface area contributed by atoms with Crippen molar-refractivity contribution in [1.29, 1.82) is 0 Å². The Morgan fingerprint density at radius 3 is 2.65 bits per heavy atom. The van der Waals surface area contributed by atoms with Crippen LogP contribution in [0.5, 0.6) is 5.75 Å². The Morgan fingerprint density at radius 1 is 1.10 bits per heavy atom. The van der Waals surface area contributed by atoms with Crippen LogP contribution in [-0.4, -0.2) is 18.1 Å². The second-order valence-corrected chi connectivity index (χ2v) is 5.37. The Hall–Kier alpha value is -1.09. The lowest BCUT2D eigenvalue weighted by Gasteiger charge is -2.12. The van der Waals surface area contributed by atoms with Crippen LogP contribution in [0.2, 0.25) is 0 Å². The van der Waals surface area contributed by atoms with Crippen molar-refractivity contribution in [2.24, 2.45) is 0 Å². The molecule has 1 aromatic rings. The Balaban J connectivity index is 2.39. The minimum absolute atomic E-state index is 0.813. The molecule has 1 heterocycles. The number of rotatable bonds is 11. The van der Waals surface area contributed by atoms with Gasteiger partial charge in [-0.05, 0) is 26.3 Å². The van der Waals surface area contributed by atoms with Gasteiger partial charge in [0, 0.05) is 30.1 Å². The number of hydrogen-bond donors (Lipinski definition) is 1. The van der Waals surface area contributed by atoms with E-state index in [4.69, 9.17) is 4.74 Å². The standard InChI is InChI=1S/C17H30N2O/c1-4-6-7-8-9-11-20-17-12-15(3)19-14-16(17)13-18-10-5-2/h12,14,18H,4-11,13H2,1-3H3. The van der Waals surface area contributed by atoms with Crippen LogP contribution in [0.25, 0.3) is 0 Å². The summed E-state index contributed by atoms with van der Waals surface area (Å²) in [6.45, 7) is 9.11. The fraction of sp³-hybridized carbons (Fsp3) is 0.706. The number of pyridine rings is 1. The van der Waals surface area contributed by atoms with Gasteiger partial charge in [0.05, 0.1) is 6.61 Å². The van der Waals surface area contributed by atoms with E-state index in [0.29, 0.717) is 0 Å². The fourth-order valence-electron chi connectivity index (χ4n) is 2.12. The van der Waals surface area contributed by atoms with Crippen LogP contribution in [0.4, 0.5) is 0 Å². The van der Waals surface area contributed by atoms with Gasteiger partial charge in [-0.25, -0.2) is 0 Å². The van der Waals surface area contributed by atoms with Crippen LogP contribution in [0.15, 0.2) is 12.3 Å². The summed E-state index contributed by atoms with van der Waals surface area (Å²) >= 11 is 0. The Morgan fingerprint density at radius 2 is 1.90 bits per heavy atom. The number of hydrogen-bond acceptors (Lipinski definition) is 3. The third-order valence-corrected chi connectivity index (χ3v) is 3.33. The van der Waals surface area contributed by atoms with Crippen LogP contribution in [0.3, 0.4) is 0 Å². The molecule has 3 nitrogen and oxygen atoms in total. The van der Waals surface area contributed by atoms with E-state index in [-0.39, 0.29) is 0 Å². The predicted octanol–water partition coefficient (Wildman–Crippen LogP) is 4.24. The summed E-state index contributed by atoms with van der Waals surface area (Å²) in [5.41, 5.74) is 2.18. The number of aromatic nitrogens is 1. The first-order valence-corrected chi connectivity index (χ1v) is 8.07. The molecule has 0 saturated carbocycles. The second kappa shape index (κ2) is 10.7. The summed E-state index contributed by atoms with van der Waals surface area (Å²) in [6.07, 6.45) is 9.43. The fourth-order valence-corrected chi connectivity index (χ4v) is 2.12. The lowest BCUT2D eigenvalue weighted by molar-refractivity contribution is 0.300. The van der Waals surface area contributed by atoms with Crippen molar-refractivity contribution >= 4 is 0 Å². The lowest BCUT2D eigenvalue weighted by atomic mass is 10.2. The van der Waals surface area contributed by atoms with Gasteiger partial charge in [-0.3, -0.25) is 4.98 Å². The first-order valence-electron chi connectivity index (χ1n) is 8.07. The molecule has 1 aromatic heterocycles. The Labute approximate surface area is 124 Å². The summed E-state index contributed by atoms with van der Waals surface area (Å²) in [4.78, 5) is 4.37. The van der Waals surface area contributed by atoms with Crippen molar-refractivity contribution in [2.45, 2.75) is 65.8 Å². The van der Waals surface area contributed by atoms with Gasteiger partial charge in [0.2, 0.25) is 0 Å². The van der Waals surface area contributed by atoms with Gasteiger partial charge < -0.3 is 10.1 Å². The van der Waals surface area contributed by atoms with E-state index in [1.54, 1.807) is 0 Å². The minimum atomic E-state index is 0.813. The van der Waals surface area contributed by atoms with E-state index in [0.717, 1.165) is 49.5 Å². The van der Waals surface area contributed by atoms with Crippen molar-refractivity contribution < 1.29 is 4.74 Å². The van der Waals surface area contributed by atoms with Crippen LogP contribution < -0.4 is 10.1 Å². The molecular formula is C17H30N2O. The summed E-state index contributed by atoms with van der Waals surface area (Å²) < 4.78 is 5.95. The molecule has 1 N–H and O–H groups in total. The van der Waals surface area contributed by atoms with Crippen molar-refractivity contribution in [1.82, 2.24) is 10.3 Å². The summed E-state index contributed by atoms with van der Waals surface area (Å²) in [6, 6.07) is 2.05. The third kappa shape index (κ3) is 6.90.